The minimum absolute atomic E-state index is 0.0215. The van der Waals surface area contributed by atoms with Crippen molar-refractivity contribution < 1.29 is 24.0 Å². The Morgan fingerprint density at radius 2 is 2.04 bits per heavy atom. The number of rotatable bonds is 6. The first-order chi connectivity index (χ1) is 12.8. The Balaban J connectivity index is 2.14. The Kier molecular flexibility index (Phi) is 4.98. The van der Waals surface area contributed by atoms with E-state index in [1.807, 2.05) is 0 Å². The Morgan fingerprint density at radius 1 is 1.30 bits per heavy atom. The predicted molar refractivity (Wildman–Crippen MR) is 97.3 cm³/mol. The molecule has 0 saturated carbocycles. The third-order valence-electron chi connectivity index (χ3n) is 4.08. The maximum Gasteiger partial charge on any atom is 0.326 e. The second-order valence-corrected chi connectivity index (χ2v) is 6.65. The van der Waals surface area contributed by atoms with Crippen LogP contribution in [0.25, 0.3) is 22.4 Å². The summed E-state index contributed by atoms with van der Waals surface area (Å²) in [4.78, 5) is 27.9. The average molecular weight is 371 g/mol. The molecule has 0 amide bonds. The van der Waals surface area contributed by atoms with Crippen LogP contribution in [0.15, 0.2) is 22.7 Å². The van der Waals surface area contributed by atoms with E-state index in [9.17, 15) is 9.59 Å². The summed E-state index contributed by atoms with van der Waals surface area (Å²) in [5, 5.41) is 13.0. The molecule has 2 aromatic heterocycles. The third-order valence-corrected chi connectivity index (χ3v) is 4.08. The van der Waals surface area contributed by atoms with E-state index < -0.39 is 5.97 Å². The van der Waals surface area contributed by atoms with Gasteiger partial charge in [-0.15, -0.1) is 0 Å². The number of carboxylic acid groups (broad SMARTS) is 1. The monoisotopic (exact) mass is 371 g/mol. The maximum atomic E-state index is 12.3. The molecule has 142 valence electrons. The van der Waals surface area contributed by atoms with Gasteiger partial charge in [0.25, 0.3) is 0 Å². The molecule has 0 spiro atoms. The molecule has 0 aliphatic heterocycles. The largest absolute Gasteiger partial charge is 0.481 e. The van der Waals surface area contributed by atoms with Gasteiger partial charge in [-0.05, 0) is 45.4 Å². The van der Waals surface area contributed by atoms with Crippen molar-refractivity contribution in [2.24, 2.45) is 0 Å². The van der Waals surface area contributed by atoms with Crippen LogP contribution in [0.2, 0.25) is 0 Å². The first kappa shape index (κ1) is 18.6. The standard InChI is InChI=1S/C19H21N3O5/c1-10(2)26-17(25)9-22-15-6-5-13(8-16(23)24)7-14(15)20-19(22)18-11(3)21-27-12(18)4/h5-7,10H,8-9H2,1-4H3,(H,23,24). The normalized spacial score (nSPS) is 11.3. The number of carbonyl (C=O) groups excluding carboxylic acids is 1. The van der Waals surface area contributed by atoms with E-state index in [1.54, 1.807) is 50.5 Å². The zero-order chi connectivity index (χ0) is 19.7. The molecule has 0 saturated heterocycles. The second-order valence-electron chi connectivity index (χ2n) is 6.65. The van der Waals surface area contributed by atoms with Crippen LogP contribution in [0, 0.1) is 13.8 Å². The van der Waals surface area contributed by atoms with E-state index in [1.165, 1.54) is 0 Å². The van der Waals surface area contributed by atoms with Gasteiger partial charge in [0.1, 0.15) is 18.1 Å². The lowest BCUT2D eigenvalue weighted by molar-refractivity contribution is -0.148. The lowest BCUT2D eigenvalue weighted by Crippen LogP contribution is -2.18. The molecule has 8 nitrogen and oxygen atoms in total. The summed E-state index contributed by atoms with van der Waals surface area (Å²) in [6.45, 7) is 7.14. The number of benzene rings is 1. The number of aryl methyl sites for hydroxylation is 2. The molecule has 0 aliphatic carbocycles. The quantitative estimate of drug-likeness (QED) is 0.664. The van der Waals surface area contributed by atoms with Crippen molar-refractivity contribution in [3.05, 3.63) is 35.2 Å². The zero-order valence-electron chi connectivity index (χ0n) is 15.6. The van der Waals surface area contributed by atoms with Gasteiger partial charge >= 0.3 is 11.9 Å². The lowest BCUT2D eigenvalue weighted by atomic mass is 10.1. The van der Waals surface area contributed by atoms with Crippen molar-refractivity contribution >= 4 is 23.0 Å². The Bertz CT molecular complexity index is 996. The smallest absolute Gasteiger partial charge is 0.326 e. The summed E-state index contributed by atoms with van der Waals surface area (Å²) in [6.07, 6.45) is -0.323. The third kappa shape index (κ3) is 3.84. The summed E-state index contributed by atoms with van der Waals surface area (Å²) >= 11 is 0. The SMILES string of the molecule is Cc1noc(C)c1-c1nc2cc(CC(=O)O)ccc2n1CC(=O)OC(C)C. The molecule has 1 N–H and O–H groups in total. The highest BCUT2D eigenvalue weighted by atomic mass is 16.5. The number of imidazole rings is 1. The van der Waals surface area contributed by atoms with Crippen molar-refractivity contribution in [1.82, 2.24) is 14.7 Å². The van der Waals surface area contributed by atoms with Gasteiger partial charge in [0, 0.05) is 0 Å². The summed E-state index contributed by atoms with van der Waals surface area (Å²) in [5.41, 5.74) is 3.31. The summed E-state index contributed by atoms with van der Waals surface area (Å²) in [7, 11) is 0. The van der Waals surface area contributed by atoms with Crippen molar-refractivity contribution in [2.45, 2.75) is 46.8 Å². The van der Waals surface area contributed by atoms with Crippen LogP contribution in [0.1, 0.15) is 30.9 Å². The van der Waals surface area contributed by atoms with E-state index in [2.05, 4.69) is 10.1 Å². The van der Waals surface area contributed by atoms with E-state index in [0.717, 1.165) is 0 Å². The molecule has 0 bridgehead atoms. The highest BCUT2D eigenvalue weighted by Crippen LogP contribution is 2.30. The molecule has 0 fully saturated rings. The molecule has 3 rings (SSSR count). The van der Waals surface area contributed by atoms with Crippen molar-refractivity contribution in [3.8, 4) is 11.4 Å². The van der Waals surface area contributed by atoms with Crippen molar-refractivity contribution in [3.63, 3.8) is 0 Å². The molecule has 27 heavy (non-hydrogen) atoms. The van der Waals surface area contributed by atoms with E-state index in [-0.39, 0.29) is 25.0 Å². The zero-order valence-corrected chi connectivity index (χ0v) is 15.6. The van der Waals surface area contributed by atoms with Gasteiger partial charge in [0.2, 0.25) is 0 Å². The fourth-order valence-corrected chi connectivity index (χ4v) is 3.04. The fourth-order valence-electron chi connectivity index (χ4n) is 3.04. The Morgan fingerprint density at radius 3 is 2.63 bits per heavy atom. The number of carbonyl (C=O) groups is 2. The number of hydrogen-bond donors (Lipinski definition) is 1. The van der Waals surface area contributed by atoms with Gasteiger partial charge in [-0.2, -0.15) is 0 Å². The first-order valence-electron chi connectivity index (χ1n) is 8.60. The van der Waals surface area contributed by atoms with Gasteiger partial charge in [0.05, 0.1) is 34.8 Å². The number of aromatic nitrogens is 3. The van der Waals surface area contributed by atoms with Crippen molar-refractivity contribution in [1.29, 1.82) is 0 Å². The molecule has 1 aromatic carbocycles. The number of hydrogen-bond acceptors (Lipinski definition) is 6. The minimum Gasteiger partial charge on any atom is -0.481 e. The summed E-state index contributed by atoms with van der Waals surface area (Å²) in [5.74, 6) is -0.173. The van der Waals surface area contributed by atoms with Gasteiger partial charge in [0.15, 0.2) is 0 Å². The highest BCUT2D eigenvalue weighted by Gasteiger charge is 2.22. The first-order valence-corrected chi connectivity index (χ1v) is 8.60. The summed E-state index contributed by atoms with van der Waals surface area (Å²) in [6, 6.07) is 5.21. The molecule has 0 unspecified atom stereocenters. The number of ether oxygens (including phenoxy) is 1. The molecule has 0 radical (unpaired) electrons. The number of fused-ring (bicyclic) bond motifs is 1. The molecular formula is C19H21N3O5. The number of esters is 1. The van der Waals surface area contributed by atoms with E-state index >= 15 is 0 Å². The Hall–Kier alpha value is -3.16. The van der Waals surface area contributed by atoms with Crippen LogP contribution in [0.3, 0.4) is 0 Å². The van der Waals surface area contributed by atoms with E-state index in [0.29, 0.717) is 39.4 Å². The van der Waals surface area contributed by atoms with Crippen molar-refractivity contribution in [2.75, 3.05) is 0 Å². The van der Waals surface area contributed by atoms with Crippen LogP contribution in [-0.4, -0.2) is 37.9 Å². The Labute approximate surface area is 155 Å². The lowest BCUT2D eigenvalue weighted by Gasteiger charge is -2.11. The predicted octanol–water partition coefficient (Wildman–Crippen LogP) is 2.89. The van der Waals surface area contributed by atoms with Gasteiger partial charge < -0.3 is 18.9 Å². The number of carboxylic acids is 1. The molecule has 0 aliphatic rings. The molecular weight excluding hydrogens is 350 g/mol. The van der Waals surface area contributed by atoms with Crippen LogP contribution in [-0.2, 0) is 27.3 Å². The van der Waals surface area contributed by atoms with Crippen LogP contribution >= 0.6 is 0 Å². The maximum absolute atomic E-state index is 12.3. The second kappa shape index (κ2) is 7.22. The molecule has 0 atom stereocenters. The number of nitrogens with zero attached hydrogens (tertiary/aromatic N) is 3. The molecule has 2 heterocycles. The topological polar surface area (TPSA) is 107 Å². The average Bonchev–Trinajstić information content (AvgIpc) is 3.06. The summed E-state index contributed by atoms with van der Waals surface area (Å²) < 4.78 is 12.3. The minimum atomic E-state index is -0.916. The van der Waals surface area contributed by atoms with Crippen LogP contribution in [0.4, 0.5) is 0 Å². The highest BCUT2D eigenvalue weighted by molar-refractivity contribution is 5.85. The molecule has 8 heteroatoms. The molecule has 3 aromatic rings. The van der Waals surface area contributed by atoms with Gasteiger partial charge in [-0.3, -0.25) is 9.59 Å². The van der Waals surface area contributed by atoms with Crippen LogP contribution < -0.4 is 0 Å². The van der Waals surface area contributed by atoms with E-state index in [4.69, 9.17) is 14.4 Å². The van der Waals surface area contributed by atoms with Gasteiger partial charge in [-0.1, -0.05) is 11.2 Å². The van der Waals surface area contributed by atoms with Gasteiger partial charge in [-0.25, -0.2) is 4.98 Å². The van der Waals surface area contributed by atoms with Crippen LogP contribution in [0.5, 0.6) is 0 Å². The number of aliphatic carboxylic acids is 1. The fraction of sp³-hybridized carbons (Fsp3) is 0.368.